The highest BCUT2D eigenvalue weighted by molar-refractivity contribution is 9.10. The molecule has 1 amide bonds. The molecule has 1 spiro atoms. The van der Waals surface area contributed by atoms with Crippen LogP contribution in [0.1, 0.15) is 55.7 Å². The smallest absolute Gasteiger partial charge is 0.408 e. The minimum absolute atomic E-state index is 0.106. The summed E-state index contributed by atoms with van der Waals surface area (Å²) in [6.07, 6.45) is 1.86. The van der Waals surface area contributed by atoms with Gasteiger partial charge in [0.05, 0.1) is 13.3 Å². The Morgan fingerprint density at radius 3 is 2.65 bits per heavy atom. The lowest BCUT2D eigenvalue weighted by atomic mass is 9.82. The molecule has 0 unspecified atom stereocenters. The summed E-state index contributed by atoms with van der Waals surface area (Å²) in [5.74, 6) is -0.0769. The first kappa shape index (κ1) is 24.2. The van der Waals surface area contributed by atoms with Gasteiger partial charge in [-0.1, -0.05) is 0 Å². The van der Waals surface area contributed by atoms with E-state index in [1.54, 1.807) is 26.8 Å². The number of carbonyl (C=O) groups excluding carboxylic acids is 2. The summed E-state index contributed by atoms with van der Waals surface area (Å²) >= 11 is 3.24. The molecule has 1 saturated heterocycles. The van der Waals surface area contributed by atoms with Gasteiger partial charge in [0.15, 0.2) is 11.5 Å². The van der Waals surface area contributed by atoms with Crippen LogP contribution >= 0.6 is 15.9 Å². The van der Waals surface area contributed by atoms with Crippen molar-refractivity contribution in [2.24, 2.45) is 0 Å². The number of nitrogens with one attached hydrogen (secondary N) is 1. The van der Waals surface area contributed by atoms with E-state index in [0.29, 0.717) is 47.7 Å². The Bertz CT molecular complexity index is 1120. The highest BCUT2D eigenvalue weighted by Gasteiger charge is 2.51. The molecule has 0 aliphatic carbocycles. The molecule has 0 bridgehead atoms. The topological polar surface area (TPSA) is 103 Å². The Balaban J connectivity index is 1.60. The fraction of sp³-hybridized carbons (Fsp3) is 0.478. The molecule has 2 aliphatic heterocycles. The van der Waals surface area contributed by atoms with E-state index in [1.807, 2.05) is 4.90 Å². The van der Waals surface area contributed by atoms with E-state index in [0.717, 1.165) is 0 Å². The Hall–Kier alpha value is -2.95. The van der Waals surface area contributed by atoms with E-state index in [-0.39, 0.29) is 5.69 Å². The standard InChI is InChI=1S/C23H26BrFN4O5/c1-22(2,3)34-21(31)28-18-14-11-13(25)5-6-15(14)33-23(18)7-9-29(10-8-23)19-17(20(30)32-4)27-16(24)12-26-19/h5-6,11-12,18H,7-10H2,1-4H3,(H,28,31)/t18-/m1/s1. The highest BCUT2D eigenvalue weighted by Crippen LogP contribution is 2.49. The van der Waals surface area contributed by atoms with Crippen LogP contribution in [0.2, 0.25) is 0 Å². The molecule has 0 saturated carbocycles. The van der Waals surface area contributed by atoms with Crippen molar-refractivity contribution in [3.05, 3.63) is 46.1 Å². The summed E-state index contributed by atoms with van der Waals surface area (Å²) in [7, 11) is 1.29. The predicted molar refractivity (Wildman–Crippen MR) is 124 cm³/mol. The number of esters is 1. The van der Waals surface area contributed by atoms with E-state index in [2.05, 4.69) is 31.2 Å². The van der Waals surface area contributed by atoms with Crippen LogP contribution in [0.3, 0.4) is 0 Å². The maximum Gasteiger partial charge on any atom is 0.408 e. The zero-order chi connectivity index (χ0) is 24.7. The van der Waals surface area contributed by atoms with Gasteiger partial charge in [0, 0.05) is 31.5 Å². The fourth-order valence-corrected chi connectivity index (χ4v) is 4.63. The summed E-state index contributed by atoms with van der Waals surface area (Å²) < 4.78 is 31.2. The normalized spacial score (nSPS) is 18.8. The van der Waals surface area contributed by atoms with E-state index >= 15 is 0 Å². The van der Waals surface area contributed by atoms with Crippen LogP contribution in [-0.4, -0.2) is 53.4 Å². The Labute approximate surface area is 205 Å². The minimum atomic E-state index is -0.808. The van der Waals surface area contributed by atoms with Crippen molar-refractivity contribution >= 4 is 33.8 Å². The van der Waals surface area contributed by atoms with Gasteiger partial charge in [0.1, 0.15) is 33.4 Å². The number of aromatic nitrogens is 2. The molecule has 2 aliphatic rings. The molecule has 2 aromatic rings. The average Bonchev–Trinajstić information content (AvgIpc) is 3.04. The van der Waals surface area contributed by atoms with Gasteiger partial charge in [-0.05, 0) is 54.9 Å². The molecule has 1 fully saturated rings. The van der Waals surface area contributed by atoms with Crippen LogP contribution < -0.4 is 15.0 Å². The van der Waals surface area contributed by atoms with Gasteiger partial charge in [-0.15, -0.1) is 0 Å². The van der Waals surface area contributed by atoms with Crippen molar-refractivity contribution in [3.8, 4) is 5.75 Å². The third-order valence-corrected chi connectivity index (χ3v) is 6.18. The molecule has 3 heterocycles. The second-order valence-corrected chi connectivity index (χ2v) is 10.1. The van der Waals surface area contributed by atoms with Gasteiger partial charge in [-0.3, -0.25) is 0 Å². The Morgan fingerprint density at radius 2 is 2.00 bits per heavy atom. The number of amides is 1. The van der Waals surface area contributed by atoms with Crippen molar-refractivity contribution in [2.45, 2.75) is 50.9 Å². The van der Waals surface area contributed by atoms with Gasteiger partial charge in [0.2, 0.25) is 0 Å². The molecule has 34 heavy (non-hydrogen) atoms. The Morgan fingerprint density at radius 1 is 1.29 bits per heavy atom. The molecule has 1 aromatic heterocycles. The van der Waals surface area contributed by atoms with Crippen LogP contribution in [0.5, 0.6) is 5.75 Å². The number of alkyl carbamates (subject to hydrolysis) is 1. The second kappa shape index (κ2) is 9.01. The number of methoxy groups -OCH3 is 1. The average molecular weight is 537 g/mol. The number of nitrogens with zero attached hydrogens (tertiary/aromatic N) is 3. The van der Waals surface area contributed by atoms with Gasteiger partial charge >= 0.3 is 12.1 Å². The number of hydrogen-bond acceptors (Lipinski definition) is 8. The van der Waals surface area contributed by atoms with Crippen molar-refractivity contribution in [1.82, 2.24) is 15.3 Å². The Kier molecular flexibility index (Phi) is 6.41. The summed E-state index contributed by atoms with van der Waals surface area (Å²) in [4.78, 5) is 35.4. The maximum absolute atomic E-state index is 14.1. The number of ether oxygens (including phenoxy) is 3. The number of halogens is 2. The lowest BCUT2D eigenvalue weighted by molar-refractivity contribution is 0.0148. The summed E-state index contributed by atoms with van der Waals surface area (Å²) in [6.45, 7) is 6.25. The number of hydrogen-bond donors (Lipinski definition) is 1. The van der Waals surface area contributed by atoms with Gasteiger partial charge < -0.3 is 24.4 Å². The molecule has 11 heteroatoms. The zero-order valence-corrected chi connectivity index (χ0v) is 20.9. The summed E-state index contributed by atoms with van der Waals surface area (Å²) in [6, 6.07) is 3.68. The quantitative estimate of drug-likeness (QED) is 0.583. The maximum atomic E-state index is 14.1. The van der Waals surface area contributed by atoms with E-state index in [1.165, 1.54) is 25.4 Å². The van der Waals surface area contributed by atoms with Gasteiger partial charge in [0.25, 0.3) is 0 Å². The number of benzene rings is 1. The summed E-state index contributed by atoms with van der Waals surface area (Å²) in [5, 5.41) is 2.90. The molecular formula is C23H26BrFN4O5. The number of piperidine rings is 1. The van der Waals surface area contributed by atoms with Crippen LogP contribution in [-0.2, 0) is 9.47 Å². The molecule has 182 valence electrons. The lowest BCUT2D eigenvalue weighted by Gasteiger charge is -2.42. The molecule has 0 radical (unpaired) electrons. The molecule has 1 atom stereocenters. The van der Waals surface area contributed by atoms with Gasteiger partial charge in [-0.25, -0.2) is 23.9 Å². The largest absolute Gasteiger partial charge is 0.484 e. The molecule has 1 aromatic carbocycles. The van der Waals surface area contributed by atoms with E-state index in [9.17, 15) is 14.0 Å². The number of fused-ring (bicyclic) bond motifs is 1. The molecular weight excluding hydrogens is 511 g/mol. The number of anilines is 1. The summed E-state index contributed by atoms with van der Waals surface area (Å²) in [5.41, 5.74) is -0.820. The number of rotatable bonds is 3. The molecule has 9 nitrogen and oxygen atoms in total. The SMILES string of the molecule is COC(=O)c1nc(Br)cnc1N1CCC2(CC1)Oc1ccc(F)cc1[C@H]2NC(=O)OC(C)(C)C. The highest BCUT2D eigenvalue weighted by atomic mass is 79.9. The van der Waals surface area contributed by atoms with Crippen molar-refractivity contribution in [1.29, 1.82) is 0 Å². The minimum Gasteiger partial charge on any atom is -0.484 e. The first-order valence-corrected chi connectivity index (χ1v) is 11.6. The van der Waals surface area contributed by atoms with Crippen molar-refractivity contribution in [3.63, 3.8) is 0 Å². The monoisotopic (exact) mass is 536 g/mol. The van der Waals surface area contributed by atoms with Gasteiger partial charge in [-0.2, -0.15) is 0 Å². The van der Waals surface area contributed by atoms with Crippen LogP contribution in [0.15, 0.2) is 29.0 Å². The van der Waals surface area contributed by atoms with Crippen LogP contribution in [0.25, 0.3) is 0 Å². The zero-order valence-electron chi connectivity index (χ0n) is 19.4. The first-order chi connectivity index (χ1) is 16.0. The molecule has 4 rings (SSSR count). The second-order valence-electron chi connectivity index (χ2n) is 9.27. The third-order valence-electron chi connectivity index (χ3n) is 5.80. The fourth-order valence-electron chi connectivity index (χ4n) is 4.35. The van der Waals surface area contributed by atoms with Crippen molar-refractivity contribution < 1.29 is 28.2 Å². The first-order valence-electron chi connectivity index (χ1n) is 10.9. The predicted octanol–water partition coefficient (Wildman–Crippen LogP) is 4.16. The van der Waals surface area contributed by atoms with Crippen LogP contribution in [0.4, 0.5) is 15.0 Å². The third kappa shape index (κ3) is 4.79. The lowest BCUT2D eigenvalue weighted by Crippen LogP contribution is -2.54. The number of carbonyl (C=O) groups is 2. The van der Waals surface area contributed by atoms with E-state index < -0.39 is 35.1 Å². The van der Waals surface area contributed by atoms with Crippen LogP contribution in [0, 0.1) is 5.82 Å². The van der Waals surface area contributed by atoms with E-state index in [4.69, 9.17) is 14.2 Å². The van der Waals surface area contributed by atoms with Crippen molar-refractivity contribution in [2.75, 3.05) is 25.1 Å². The molecule has 1 N–H and O–H groups in total.